The lowest BCUT2D eigenvalue weighted by atomic mass is 10.1. The highest BCUT2D eigenvalue weighted by molar-refractivity contribution is 5.11. The molecule has 0 saturated heterocycles. The summed E-state index contributed by atoms with van der Waals surface area (Å²) in [4.78, 5) is 3.98. The topological polar surface area (TPSA) is 38.9 Å². The maximum absolute atomic E-state index is 5.66. The van der Waals surface area contributed by atoms with Gasteiger partial charge in [-0.1, -0.05) is 12.1 Å². The fourth-order valence-corrected chi connectivity index (χ4v) is 0.874. The van der Waals surface area contributed by atoms with Crippen molar-refractivity contribution < 1.29 is 0 Å². The summed E-state index contributed by atoms with van der Waals surface area (Å²) in [6, 6.07) is 3.96. The maximum atomic E-state index is 5.66. The van der Waals surface area contributed by atoms with Crippen LogP contribution in [0.4, 0.5) is 0 Å². The maximum Gasteiger partial charge on any atom is 0.0300 e. The summed E-state index contributed by atoms with van der Waals surface area (Å²) in [5.74, 6) is 0. The number of nitrogens with zero attached hydrogens (tertiary/aromatic N) is 1. The van der Waals surface area contributed by atoms with Crippen LogP contribution in [-0.2, 0) is 6.42 Å². The number of aromatic nitrogens is 1. The first-order valence-electron chi connectivity index (χ1n) is 3.60. The Hall–Kier alpha value is -1.15. The Morgan fingerprint density at radius 1 is 1.73 bits per heavy atom. The minimum absolute atomic E-state index is 0.0409. The van der Waals surface area contributed by atoms with Crippen LogP contribution < -0.4 is 5.73 Å². The zero-order valence-electron chi connectivity index (χ0n) is 6.40. The molecule has 0 spiro atoms. The molecule has 1 aromatic heterocycles. The molecule has 0 aliphatic heterocycles. The monoisotopic (exact) mass is 148 g/mol. The SMILES string of the molecule is C=CC(N)Cc1cccnc1. The van der Waals surface area contributed by atoms with Crippen molar-refractivity contribution in [2.75, 3.05) is 0 Å². The Morgan fingerprint density at radius 3 is 3.09 bits per heavy atom. The van der Waals surface area contributed by atoms with Gasteiger partial charge in [-0.25, -0.2) is 0 Å². The van der Waals surface area contributed by atoms with E-state index in [0.717, 1.165) is 12.0 Å². The van der Waals surface area contributed by atoms with Gasteiger partial charge in [0, 0.05) is 18.4 Å². The van der Waals surface area contributed by atoms with Crippen molar-refractivity contribution in [3.05, 3.63) is 42.7 Å². The highest BCUT2D eigenvalue weighted by Crippen LogP contribution is 1.99. The summed E-state index contributed by atoms with van der Waals surface area (Å²) in [6.45, 7) is 3.61. The summed E-state index contributed by atoms with van der Waals surface area (Å²) >= 11 is 0. The second kappa shape index (κ2) is 3.88. The zero-order chi connectivity index (χ0) is 8.10. The quantitative estimate of drug-likeness (QED) is 0.653. The molecule has 0 aliphatic rings. The van der Waals surface area contributed by atoms with Crippen LogP contribution in [0.25, 0.3) is 0 Å². The van der Waals surface area contributed by atoms with Crippen LogP contribution in [0.1, 0.15) is 5.56 Å². The van der Waals surface area contributed by atoms with E-state index >= 15 is 0 Å². The fourth-order valence-electron chi connectivity index (χ4n) is 0.874. The number of rotatable bonds is 3. The van der Waals surface area contributed by atoms with Crippen molar-refractivity contribution in [1.82, 2.24) is 4.98 Å². The van der Waals surface area contributed by atoms with Crippen molar-refractivity contribution in [2.24, 2.45) is 5.73 Å². The molecule has 2 heteroatoms. The molecule has 1 unspecified atom stereocenters. The van der Waals surface area contributed by atoms with Gasteiger partial charge < -0.3 is 5.73 Å². The van der Waals surface area contributed by atoms with Crippen LogP contribution in [0.3, 0.4) is 0 Å². The second-order valence-corrected chi connectivity index (χ2v) is 2.46. The second-order valence-electron chi connectivity index (χ2n) is 2.46. The van der Waals surface area contributed by atoms with E-state index in [1.807, 2.05) is 18.3 Å². The molecule has 2 N–H and O–H groups in total. The fraction of sp³-hybridized carbons (Fsp3) is 0.222. The van der Waals surface area contributed by atoms with Gasteiger partial charge in [0.25, 0.3) is 0 Å². The van der Waals surface area contributed by atoms with Crippen molar-refractivity contribution in [3.8, 4) is 0 Å². The van der Waals surface area contributed by atoms with E-state index in [-0.39, 0.29) is 6.04 Å². The van der Waals surface area contributed by atoms with Crippen LogP contribution >= 0.6 is 0 Å². The molecule has 0 fully saturated rings. The lowest BCUT2D eigenvalue weighted by molar-refractivity contribution is 0.808. The first kappa shape index (κ1) is 7.95. The lowest BCUT2D eigenvalue weighted by Gasteiger charge is -2.03. The number of hydrogen-bond donors (Lipinski definition) is 1. The highest BCUT2D eigenvalue weighted by atomic mass is 14.6. The smallest absolute Gasteiger partial charge is 0.0300 e. The third-order valence-electron chi connectivity index (χ3n) is 1.50. The van der Waals surface area contributed by atoms with Gasteiger partial charge in [-0.3, -0.25) is 4.98 Å². The predicted octanol–water partition coefficient (Wildman–Crippen LogP) is 1.14. The molecule has 1 aromatic rings. The van der Waals surface area contributed by atoms with E-state index < -0.39 is 0 Å². The van der Waals surface area contributed by atoms with Crippen molar-refractivity contribution >= 4 is 0 Å². The Balaban J connectivity index is 2.57. The van der Waals surface area contributed by atoms with Gasteiger partial charge >= 0.3 is 0 Å². The van der Waals surface area contributed by atoms with Crippen LogP contribution in [0, 0.1) is 0 Å². The lowest BCUT2D eigenvalue weighted by Crippen LogP contribution is -2.19. The molecular formula is C9H12N2. The van der Waals surface area contributed by atoms with Gasteiger partial charge in [-0.15, -0.1) is 6.58 Å². The molecule has 0 aliphatic carbocycles. The van der Waals surface area contributed by atoms with E-state index in [9.17, 15) is 0 Å². The summed E-state index contributed by atoms with van der Waals surface area (Å²) in [5, 5.41) is 0. The Kier molecular flexibility index (Phi) is 2.81. The number of nitrogens with two attached hydrogens (primary N) is 1. The first-order chi connectivity index (χ1) is 5.33. The van der Waals surface area contributed by atoms with E-state index in [4.69, 9.17) is 5.73 Å². The number of hydrogen-bond acceptors (Lipinski definition) is 2. The largest absolute Gasteiger partial charge is 0.324 e. The third kappa shape index (κ3) is 2.51. The van der Waals surface area contributed by atoms with Gasteiger partial charge in [0.15, 0.2) is 0 Å². The Morgan fingerprint density at radius 2 is 2.55 bits per heavy atom. The molecule has 1 heterocycles. The molecular weight excluding hydrogens is 136 g/mol. The summed E-state index contributed by atoms with van der Waals surface area (Å²) in [7, 11) is 0. The third-order valence-corrected chi connectivity index (χ3v) is 1.50. The van der Waals surface area contributed by atoms with Crippen molar-refractivity contribution in [2.45, 2.75) is 12.5 Å². The average molecular weight is 148 g/mol. The molecule has 2 nitrogen and oxygen atoms in total. The summed E-state index contributed by atoms with van der Waals surface area (Å²) in [6.07, 6.45) is 6.14. The van der Waals surface area contributed by atoms with Crippen LogP contribution in [0.2, 0.25) is 0 Å². The molecule has 0 saturated carbocycles. The van der Waals surface area contributed by atoms with Gasteiger partial charge in [-0.2, -0.15) is 0 Å². The predicted molar refractivity (Wildman–Crippen MR) is 46.1 cm³/mol. The zero-order valence-corrected chi connectivity index (χ0v) is 6.40. The first-order valence-corrected chi connectivity index (χ1v) is 3.60. The Labute approximate surface area is 66.8 Å². The van der Waals surface area contributed by atoms with E-state index in [2.05, 4.69) is 11.6 Å². The van der Waals surface area contributed by atoms with Gasteiger partial charge in [-0.05, 0) is 18.1 Å². The van der Waals surface area contributed by atoms with Gasteiger partial charge in [0.05, 0.1) is 0 Å². The molecule has 0 amide bonds. The highest BCUT2D eigenvalue weighted by Gasteiger charge is 1.97. The van der Waals surface area contributed by atoms with E-state index in [0.29, 0.717) is 0 Å². The van der Waals surface area contributed by atoms with Crippen molar-refractivity contribution in [3.63, 3.8) is 0 Å². The minimum atomic E-state index is 0.0409. The standard InChI is InChI=1S/C9H12N2/c1-2-9(10)6-8-4-3-5-11-7-8/h2-5,7,9H,1,6,10H2. The average Bonchev–Trinajstić information content (AvgIpc) is 2.06. The number of pyridine rings is 1. The normalized spacial score (nSPS) is 12.5. The van der Waals surface area contributed by atoms with Crippen LogP contribution in [0.5, 0.6) is 0 Å². The molecule has 0 radical (unpaired) electrons. The van der Waals surface area contributed by atoms with E-state index in [1.54, 1.807) is 12.3 Å². The molecule has 58 valence electrons. The molecule has 11 heavy (non-hydrogen) atoms. The van der Waals surface area contributed by atoms with Crippen LogP contribution in [0.15, 0.2) is 37.2 Å². The minimum Gasteiger partial charge on any atom is -0.324 e. The van der Waals surface area contributed by atoms with Crippen LogP contribution in [-0.4, -0.2) is 11.0 Å². The Bertz CT molecular complexity index is 218. The van der Waals surface area contributed by atoms with E-state index in [1.165, 1.54) is 0 Å². The van der Waals surface area contributed by atoms with Gasteiger partial charge in [0.1, 0.15) is 0 Å². The van der Waals surface area contributed by atoms with Crippen molar-refractivity contribution in [1.29, 1.82) is 0 Å². The summed E-state index contributed by atoms with van der Waals surface area (Å²) in [5.41, 5.74) is 6.81. The molecule has 1 rings (SSSR count). The molecule has 1 atom stereocenters. The summed E-state index contributed by atoms with van der Waals surface area (Å²) < 4.78 is 0. The molecule has 0 bridgehead atoms. The van der Waals surface area contributed by atoms with Gasteiger partial charge in [0.2, 0.25) is 0 Å². The molecule has 0 aromatic carbocycles.